The van der Waals surface area contributed by atoms with E-state index < -0.39 is 0 Å². The van der Waals surface area contributed by atoms with Crippen molar-refractivity contribution in [2.45, 2.75) is 33.4 Å². The summed E-state index contributed by atoms with van der Waals surface area (Å²) in [4.78, 5) is 32.3. The molecule has 0 radical (unpaired) electrons. The number of fused-ring (bicyclic) bond motifs is 1. The Bertz CT molecular complexity index is 1250. The van der Waals surface area contributed by atoms with Crippen LogP contribution in [-0.4, -0.2) is 44.6 Å². The molecule has 0 aliphatic heterocycles. The topological polar surface area (TPSA) is 93.3 Å². The van der Waals surface area contributed by atoms with E-state index in [1.807, 2.05) is 51.1 Å². The molecule has 0 saturated heterocycles. The summed E-state index contributed by atoms with van der Waals surface area (Å²) < 4.78 is 7.26. The molecule has 2 amide bonds. The molecule has 4 rings (SSSR count). The highest BCUT2D eigenvalue weighted by molar-refractivity contribution is 6.07. The number of hydrogen-bond donors (Lipinski definition) is 1. The minimum Gasteiger partial charge on any atom is -0.463 e. The number of furan rings is 1. The van der Waals surface area contributed by atoms with Gasteiger partial charge in [0, 0.05) is 19.1 Å². The fraction of sp³-hybridized carbons (Fsp3) is 0.280. The Morgan fingerprint density at radius 1 is 1.15 bits per heavy atom. The fourth-order valence-corrected chi connectivity index (χ4v) is 3.68. The summed E-state index contributed by atoms with van der Waals surface area (Å²) in [6.07, 6.45) is 3.20. The third-order valence-electron chi connectivity index (χ3n) is 5.42. The number of hydrogen-bond acceptors (Lipinski definition) is 5. The number of amides is 2. The molecule has 0 spiro atoms. The van der Waals surface area contributed by atoms with Crippen LogP contribution in [0.3, 0.4) is 0 Å². The SMILES string of the molecule is CCN(Cc1ccccc1)C(=O)CNC(=O)c1cc(-c2ccco2)nc2c1cnn2C(C)C. The number of carbonyl (C=O) groups is 2. The largest absolute Gasteiger partial charge is 0.463 e. The molecule has 170 valence electrons. The van der Waals surface area contributed by atoms with Crippen LogP contribution in [0.25, 0.3) is 22.5 Å². The van der Waals surface area contributed by atoms with E-state index in [1.54, 1.807) is 40.2 Å². The summed E-state index contributed by atoms with van der Waals surface area (Å²) in [7, 11) is 0. The van der Waals surface area contributed by atoms with E-state index in [1.165, 1.54) is 0 Å². The van der Waals surface area contributed by atoms with Crippen LogP contribution in [0, 0.1) is 0 Å². The van der Waals surface area contributed by atoms with Crippen LogP contribution < -0.4 is 5.32 Å². The summed E-state index contributed by atoms with van der Waals surface area (Å²) in [5, 5.41) is 7.81. The van der Waals surface area contributed by atoms with E-state index >= 15 is 0 Å². The van der Waals surface area contributed by atoms with Gasteiger partial charge in [0.2, 0.25) is 5.91 Å². The Morgan fingerprint density at radius 3 is 2.61 bits per heavy atom. The van der Waals surface area contributed by atoms with Crippen LogP contribution in [0.4, 0.5) is 0 Å². The first-order valence-electron chi connectivity index (χ1n) is 11.0. The van der Waals surface area contributed by atoms with Crippen LogP contribution in [0.1, 0.15) is 42.7 Å². The first-order chi connectivity index (χ1) is 16.0. The van der Waals surface area contributed by atoms with Gasteiger partial charge in [-0.25, -0.2) is 9.67 Å². The van der Waals surface area contributed by atoms with Gasteiger partial charge in [0.1, 0.15) is 5.69 Å². The van der Waals surface area contributed by atoms with Crippen molar-refractivity contribution < 1.29 is 14.0 Å². The van der Waals surface area contributed by atoms with Gasteiger partial charge < -0.3 is 14.6 Å². The van der Waals surface area contributed by atoms with Crippen molar-refractivity contribution >= 4 is 22.8 Å². The van der Waals surface area contributed by atoms with Gasteiger partial charge >= 0.3 is 0 Å². The van der Waals surface area contributed by atoms with E-state index in [2.05, 4.69) is 15.4 Å². The molecule has 3 heterocycles. The predicted molar refractivity (Wildman–Crippen MR) is 125 cm³/mol. The van der Waals surface area contributed by atoms with Gasteiger partial charge in [-0.1, -0.05) is 30.3 Å². The molecule has 0 atom stereocenters. The highest BCUT2D eigenvalue weighted by Gasteiger charge is 2.21. The summed E-state index contributed by atoms with van der Waals surface area (Å²) in [5.41, 5.74) is 2.57. The van der Waals surface area contributed by atoms with Crippen molar-refractivity contribution in [3.63, 3.8) is 0 Å². The lowest BCUT2D eigenvalue weighted by molar-refractivity contribution is -0.130. The number of rotatable bonds is 8. The number of carbonyl (C=O) groups excluding carboxylic acids is 2. The van der Waals surface area contributed by atoms with Crippen molar-refractivity contribution in [2.75, 3.05) is 13.1 Å². The second-order valence-corrected chi connectivity index (χ2v) is 8.03. The van der Waals surface area contributed by atoms with Crippen molar-refractivity contribution in [3.05, 3.63) is 72.1 Å². The summed E-state index contributed by atoms with van der Waals surface area (Å²) >= 11 is 0. The van der Waals surface area contributed by atoms with Gasteiger partial charge in [-0.05, 0) is 44.5 Å². The van der Waals surface area contributed by atoms with E-state index in [0.717, 1.165) is 5.56 Å². The molecule has 8 heteroatoms. The summed E-state index contributed by atoms with van der Waals surface area (Å²) in [5.74, 6) is 0.0466. The van der Waals surface area contributed by atoms with Crippen LogP contribution >= 0.6 is 0 Å². The quantitative estimate of drug-likeness (QED) is 0.442. The van der Waals surface area contributed by atoms with Gasteiger partial charge in [0.15, 0.2) is 11.4 Å². The van der Waals surface area contributed by atoms with Gasteiger partial charge in [-0.2, -0.15) is 5.10 Å². The lowest BCUT2D eigenvalue weighted by Gasteiger charge is -2.21. The number of aromatic nitrogens is 3. The highest BCUT2D eigenvalue weighted by atomic mass is 16.3. The molecular weight excluding hydrogens is 418 g/mol. The first kappa shape index (κ1) is 22.3. The Hall–Kier alpha value is -3.94. The smallest absolute Gasteiger partial charge is 0.252 e. The molecule has 0 fully saturated rings. The third kappa shape index (κ3) is 4.79. The normalized spacial score (nSPS) is 11.2. The Kier molecular flexibility index (Phi) is 6.53. The number of nitrogens with one attached hydrogen (secondary N) is 1. The van der Waals surface area contributed by atoms with Gasteiger partial charge in [-0.3, -0.25) is 9.59 Å². The zero-order valence-corrected chi connectivity index (χ0v) is 19.0. The third-order valence-corrected chi connectivity index (χ3v) is 5.42. The van der Waals surface area contributed by atoms with Gasteiger partial charge in [0.25, 0.3) is 5.91 Å². The molecule has 0 saturated carbocycles. The van der Waals surface area contributed by atoms with Crippen molar-refractivity contribution in [1.82, 2.24) is 25.0 Å². The predicted octanol–water partition coefficient (Wildman–Crippen LogP) is 4.05. The zero-order chi connectivity index (χ0) is 23.4. The molecule has 0 aliphatic rings. The average molecular weight is 446 g/mol. The number of benzene rings is 1. The second kappa shape index (κ2) is 9.68. The second-order valence-electron chi connectivity index (χ2n) is 8.03. The maximum absolute atomic E-state index is 13.2. The molecule has 4 aromatic rings. The molecule has 1 N–H and O–H groups in total. The van der Waals surface area contributed by atoms with Crippen LogP contribution in [0.5, 0.6) is 0 Å². The van der Waals surface area contributed by atoms with Crippen molar-refractivity contribution in [3.8, 4) is 11.5 Å². The van der Waals surface area contributed by atoms with Gasteiger partial charge in [-0.15, -0.1) is 0 Å². The first-order valence-corrected chi connectivity index (χ1v) is 11.0. The minimum absolute atomic E-state index is 0.0652. The average Bonchev–Trinajstić information content (AvgIpc) is 3.51. The molecule has 33 heavy (non-hydrogen) atoms. The highest BCUT2D eigenvalue weighted by Crippen LogP contribution is 2.26. The standard InChI is InChI=1S/C25H27N5O3/c1-4-29(16-18-9-6-5-7-10-18)23(31)15-26-25(32)19-13-21(22-11-8-12-33-22)28-24-20(19)14-27-30(24)17(2)3/h5-14,17H,4,15-16H2,1-3H3,(H,26,32). The lowest BCUT2D eigenvalue weighted by Crippen LogP contribution is -2.39. The monoisotopic (exact) mass is 445 g/mol. The number of nitrogens with zero attached hydrogens (tertiary/aromatic N) is 4. The van der Waals surface area contributed by atoms with Crippen molar-refractivity contribution in [2.24, 2.45) is 0 Å². The van der Waals surface area contributed by atoms with E-state index in [0.29, 0.717) is 41.1 Å². The fourth-order valence-electron chi connectivity index (χ4n) is 3.68. The summed E-state index contributed by atoms with van der Waals surface area (Å²) in [6, 6.07) is 15.1. The van der Waals surface area contributed by atoms with E-state index in [9.17, 15) is 9.59 Å². The van der Waals surface area contributed by atoms with Gasteiger partial charge in [0.05, 0.1) is 30.0 Å². The molecule has 0 unspecified atom stereocenters. The molecule has 1 aromatic carbocycles. The molecule has 8 nitrogen and oxygen atoms in total. The maximum Gasteiger partial charge on any atom is 0.252 e. The molecule has 0 bridgehead atoms. The van der Waals surface area contributed by atoms with Crippen LogP contribution in [-0.2, 0) is 11.3 Å². The van der Waals surface area contributed by atoms with Crippen molar-refractivity contribution in [1.29, 1.82) is 0 Å². The number of pyridine rings is 1. The van der Waals surface area contributed by atoms with E-state index in [4.69, 9.17) is 4.42 Å². The molecule has 0 aliphatic carbocycles. The van der Waals surface area contributed by atoms with E-state index in [-0.39, 0.29) is 24.4 Å². The molecular formula is C25H27N5O3. The summed E-state index contributed by atoms with van der Waals surface area (Å²) in [6.45, 7) is 6.86. The number of likely N-dealkylation sites (N-methyl/N-ethyl adjacent to an activating group) is 1. The minimum atomic E-state index is -0.359. The zero-order valence-electron chi connectivity index (χ0n) is 19.0. The van der Waals surface area contributed by atoms with Crippen LogP contribution in [0.2, 0.25) is 0 Å². The van der Waals surface area contributed by atoms with Crippen LogP contribution in [0.15, 0.2) is 65.4 Å². The maximum atomic E-state index is 13.2. The molecule has 3 aromatic heterocycles. The Morgan fingerprint density at radius 2 is 1.94 bits per heavy atom. The Labute approximate surface area is 192 Å². The lowest BCUT2D eigenvalue weighted by atomic mass is 10.1. The Balaban J connectivity index is 1.56.